The molecule has 0 aromatic rings. The highest BCUT2D eigenvalue weighted by Crippen LogP contribution is 2.11. The van der Waals surface area contributed by atoms with Gasteiger partial charge in [-0.2, -0.15) is 0 Å². The minimum atomic E-state index is 0. The number of carbonyl (C=O) groups is 1. The fraction of sp³-hybridized carbons (Fsp3) is 0.941. The standard InChI is InChI=1S/C17H36N2O.ClH/c1-3-4-16-19(2)17(20)14-12-10-8-6-5-7-9-11-13-15-18;/h3-16,18H2,1-2H3;1H. The molecule has 0 spiro atoms. The third-order valence-corrected chi connectivity index (χ3v) is 3.87. The summed E-state index contributed by atoms with van der Waals surface area (Å²) in [5.41, 5.74) is 5.47. The van der Waals surface area contributed by atoms with E-state index in [-0.39, 0.29) is 12.4 Å². The van der Waals surface area contributed by atoms with Crippen LogP contribution in [0.4, 0.5) is 0 Å². The number of nitrogens with zero attached hydrogens (tertiary/aromatic N) is 1. The van der Waals surface area contributed by atoms with Crippen LogP contribution in [0.25, 0.3) is 0 Å². The Balaban J connectivity index is 0. The summed E-state index contributed by atoms with van der Waals surface area (Å²) < 4.78 is 0. The van der Waals surface area contributed by atoms with Crippen LogP contribution in [0.3, 0.4) is 0 Å². The summed E-state index contributed by atoms with van der Waals surface area (Å²) in [5, 5.41) is 0. The predicted octanol–water partition coefficient (Wildman–Crippen LogP) is 4.53. The zero-order valence-corrected chi connectivity index (χ0v) is 15.1. The van der Waals surface area contributed by atoms with Gasteiger partial charge in [-0.3, -0.25) is 4.79 Å². The molecule has 0 bridgehead atoms. The number of unbranched alkanes of at least 4 members (excludes halogenated alkanes) is 9. The van der Waals surface area contributed by atoms with Crippen molar-refractivity contribution < 1.29 is 4.79 Å². The van der Waals surface area contributed by atoms with Crippen molar-refractivity contribution in [1.29, 1.82) is 0 Å². The van der Waals surface area contributed by atoms with Crippen molar-refractivity contribution in [3.05, 3.63) is 0 Å². The summed E-state index contributed by atoms with van der Waals surface area (Å²) >= 11 is 0. The average molecular weight is 321 g/mol. The molecule has 0 saturated carbocycles. The fourth-order valence-electron chi connectivity index (χ4n) is 2.37. The number of nitrogens with two attached hydrogens (primary N) is 1. The van der Waals surface area contributed by atoms with Crippen molar-refractivity contribution in [2.45, 2.75) is 84.0 Å². The lowest BCUT2D eigenvalue weighted by molar-refractivity contribution is -0.130. The van der Waals surface area contributed by atoms with Gasteiger partial charge in [-0.25, -0.2) is 0 Å². The summed E-state index contributed by atoms with van der Waals surface area (Å²) in [6.45, 7) is 3.91. The molecule has 0 atom stereocenters. The smallest absolute Gasteiger partial charge is 0.222 e. The number of halogens is 1. The Kier molecular flexibility index (Phi) is 19.5. The molecule has 3 nitrogen and oxygen atoms in total. The molecule has 0 unspecified atom stereocenters. The van der Waals surface area contributed by atoms with Crippen molar-refractivity contribution in [2.75, 3.05) is 20.1 Å². The maximum atomic E-state index is 11.8. The Bertz CT molecular complexity index is 225. The molecule has 1 amide bonds. The maximum absolute atomic E-state index is 11.8. The highest BCUT2D eigenvalue weighted by molar-refractivity contribution is 5.85. The van der Waals surface area contributed by atoms with Crippen LogP contribution in [0.2, 0.25) is 0 Å². The number of rotatable bonds is 14. The van der Waals surface area contributed by atoms with E-state index >= 15 is 0 Å². The van der Waals surface area contributed by atoms with Crippen LogP contribution < -0.4 is 5.73 Å². The Morgan fingerprint density at radius 3 is 1.81 bits per heavy atom. The molecule has 0 aliphatic rings. The molecule has 0 aromatic heterocycles. The normalized spacial score (nSPS) is 10.2. The molecular weight excluding hydrogens is 284 g/mol. The van der Waals surface area contributed by atoms with Gasteiger partial charge in [0.05, 0.1) is 0 Å². The summed E-state index contributed by atoms with van der Waals surface area (Å²) in [6, 6.07) is 0. The van der Waals surface area contributed by atoms with Crippen LogP contribution in [0.15, 0.2) is 0 Å². The lowest BCUT2D eigenvalue weighted by Crippen LogP contribution is -2.27. The van der Waals surface area contributed by atoms with Crippen LogP contribution in [-0.2, 0) is 4.79 Å². The first kappa shape index (κ1) is 23.0. The van der Waals surface area contributed by atoms with E-state index in [9.17, 15) is 4.79 Å². The fourth-order valence-corrected chi connectivity index (χ4v) is 2.37. The minimum Gasteiger partial charge on any atom is -0.346 e. The lowest BCUT2D eigenvalue weighted by atomic mass is 10.1. The van der Waals surface area contributed by atoms with Crippen molar-refractivity contribution in [3.8, 4) is 0 Å². The molecule has 0 fully saturated rings. The zero-order chi connectivity index (χ0) is 15.1. The summed E-state index contributed by atoms with van der Waals surface area (Å²) in [5.74, 6) is 0.320. The summed E-state index contributed by atoms with van der Waals surface area (Å²) in [7, 11) is 1.93. The largest absolute Gasteiger partial charge is 0.346 e. The van der Waals surface area contributed by atoms with Gasteiger partial charge in [-0.1, -0.05) is 58.3 Å². The van der Waals surface area contributed by atoms with E-state index in [1.54, 1.807) is 0 Å². The van der Waals surface area contributed by atoms with E-state index in [4.69, 9.17) is 5.73 Å². The Morgan fingerprint density at radius 2 is 1.33 bits per heavy atom. The first-order valence-electron chi connectivity index (χ1n) is 8.66. The molecule has 0 heterocycles. The molecule has 0 aliphatic heterocycles. The second-order valence-corrected chi connectivity index (χ2v) is 5.89. The molecule has 0 saturated heterocycles. The third kappa shape index (κ3) is 15.9. The molecule has 21 heavy (non-hydrogen) atoms. The Morgan fingerprint density at radius 1 is 0.857 bits per heavy atom. The van der Waals surface area contributed by atoms with Crippen molar-refractivity contribution in [1.82, 2.24) is 4.90 Å². The van der Waals surface area contributed by atoms with E-state index in [0.29, 0.717) is 5.91 Å². The summed E-state index contributed by atoms with van der Waals surface area (Å²) in [6.07, 6.45) is 14.4. The van der Waals surface area contributed by atoms with Crippen LogP contribution >= 0.6 is 12.4 Å². The van der Waals surface area contributed by atoms with E-state index < -0.39 is 0 Å². The van der Waals surface area contributed by atoms with Gasteiger partial charge < -0.3 is 10.6 Å². The number of carbonyl (C=O) groups excluding carboxylic acids is 1. The van der Waals surface area contributed by atoms with Gasteiger partial charge in [0.15, 0.2) is 0 Å². The van der Waals surface area contributed by atoms with Gasteiger partial charge in [0.2, 0.25) is 5.91 Å². The van der Waals surface area contributed by atoms with Crippen LogP contribution in [0.1, 0.15) is 84.0 Å². The van der Waals surface area contributed by atoms with Crippen molar-refractivity contribution in [2.24, 2.45) is 5.73 Å². The van der Waals surface area contributed by atoms with Crippen molar-refractivity contribution in [3.63, 3.8) is 0 Å². The highest BCUT2D eigenvalue weighted by Gasteiger charge is 2.06. The molecule has 0 aliphatic carbocycles. The Labute approximate surface area is 138 Å². The van der Waals surface area contributed by atoms with E-state index in [1.807, 2.05) is 11.9 Å². The Hall–Kier alpha value is -0.280. The molecule has 0 aromatic carbocycles. The highest BCUT2D eigenvalue weighted by atomic mass is 35.5. The van der Waals surface area contributed by atoms with Crippen LogP contribution in [0, 0.1) is 0 Å². The molecular formula is C17H37ClN2O. The van der Waals surface area contributed by atoms with Gasteiger partial charge in [-0.05, 0) is 25.8 Å². The van der Waals surface area contributed by atoms with E-state index in [1.165, 1.54) is 51.4 Å². The second kappa shape index (κ2) is 17.8. The molecule has 0 radical (unpaired) electrons. The van der Waals surface area contributed by atoms with Gasteiger partial charge in [0.25, 0.3) is 0 Å². The van der Waals surface area contributed by atoms with Gasteiger partial charge in [0.1, 0.15) is 0 Å². The summed E-state index contributed by atoms with van der Waals surface area (Å²) in [4.78, 5) is 13.7. The number of amides is 1. The average Bonchev–Trinajstić information content (AvgIpc) is 2.46. The van der Waals surface area contributed by atoms with E-state index in [2.05, 4.69) is 6.92 Å². The number of hydrogen-bond donors (Lipinski definition) is 1. The zero-order valence-electron chi connectivity index (χ0n) is 14.2. The van der Waals surface area contributed by atoms with Gasteiger partial charge in [0, 0.05) is 20.0 Å². The van der Waals surface area contributed by atoms with Crippen LogP contribution in [0.5, 0.6) is 0 Å². The third-order valence-electron chi connectivity index (χ3n) is 3.87. The molecule has 4 heteroatoms. The van der Waals surface area contributed by atoms with Crippen molar-refractivity contribution >= 4 is 18.3 Å². The van der Waals surface area contributed by atoms with E-state index in [0.717, 1.165) is 38.8 Å². The maximum Gasteiger partial charge on any atom is 0.222 e. The lowest BCUT2D eigenvalue weighted by Gasteiger charge is -2.16. The van der Waals surface area contributed by atoms with Gasteiger partial charge in [-0.15, -0.1) is 12.4 Å². The molecule has 0 rings (SSSR count). The van der Waals surface area contributed by atoms with Crippen LogP contribution in [-0.4, -0.2) is 30.9 Å². The predicted molar refractivity (Wildman–Crippen MR) is 95.0 cm³/mol. The monoisotopic (exact) mass is 320 g/mol. The molecule has 128 valence electrons. The topological polar surface area (TPSA) is 46.3 Å². The molecule has 2 N–H and O–H groups in total. The second-order valence-electron chi connectivity index (χ2n) is 5.89. The first-order chi connectivity index (χ1) is 9.72. The van der Waals surface area contributed by atoms with Gasteiger partial charge >= 0.3 is 0 Å². The number of hydrogen-bond acceptors (Lipinski definition) is 2. The quantitative estimate of drug-likeness (QED) is 0.478. The minimum absolute atomic E-state index is 0. The SMILES string of the molecule is CCCCN(C)C(=O)CCCCCCCCCCCN.Cl. The first-order valence-corrected chi connectivity index (χ1v) is 8.66.